The summed E-state index contributed by atoms with van der Waals surface area (Å²) in [6.07, 6.45) is 0. The van der Waals surface area contributed by atoms with Crippen LogP contribution in [0, 0.1) is 24.0 Å². The van der Waals surface area contributed by atoms with Crippen molar-refractivity contribution >= 4 is 39.3 Å². The van der Waals surface area contributed by atoms with Gasteiger partial charge in [-0.25, -0.2) is 0 Å². The molecule has 0 N–H and O–H groups in total. The summed E-state index contributed by atoms with van der Waals surface area (Å²) >= 11 is 10.8. The first-order valence-electron chi connectivity index (χ1n) is 10.7. The molecule has 1 aromatic heterocycles. The van der Waals surface area contributed by atoms with E-state index >= 15 is 0 Å². The summed E-state index contributed by atoms with van der Waals surface area (Å²) in [6, 6.07) is 20.9. The fourth-order valence-electron chi connectivity index (χ4n) is 3.52. The van der Waals surface area contributed by atoms with Crippen LogP contribution in [0.3, 0.4) is 0 Å². The number of benzene rings is 3. The Morgan fingerprint density at radius 2 is 1.80 bits per heavy atom. The third kappa shape index (κ3) is 6.42. The summed E-state index contributed by atoms with van der Waals surface area (Å²) in [7, 11) is 0. The number of rotatable bonds is 9. The maximum atomic E-state index is 11.7. The highest BCUT2D eigenvalue weighted by molar-refractivity contribution is 9.10. The van der Waals surface area contributed by atoms with Gasteiger partial charge in [0.2, 0.25) is 6.54 Å². The first-order valence-corrected chi connectivity index (χ1v) is 12.8. The minimum atomic E-state index is -0.560. The van der Waals surface area contributed by atoms with Crippen molar-refractivity contribution < 1.29 is 9.66 Å². The summed E-state index contributed by atoms with van der Waals surface area (Å²) in [4.78, 5) is 11.3. The van der Waals surface area contributed by atoms with E-state index in [4.69, 9.17) is 16.3 Å². The highest BCUT2D eigenvalue weighted by Crippen LogP contribution is 2.41. The number of halogens is 2. The molecule has 3 aromatic carbocycles. The molecule has 1 atom stereocenters. The number of nitrogens with zero attached hydrogens (tertiary/aromatic N) is 4. The fraction of sp³-hybridized carbons (Fsp3) is 0.200. The Morgan fingerprint density at radius 3 is 2.49 bits per heavy atom. The second-order valence-corrected chi connectivity index (χ2v) is 10.4. The van der Waals surface area contributed by atoms with Crippen LogP contribution in [0.25, 0.3) is 5.69 Å². The Bertz CT molecular complexity index is 1330. The molecule has 35 heavy (non-hydrogen) atoms. The summed E-state index contributed by atoms with van der Waals surface area (Å²) in [5, 5.41) is 20.9. The van der Waals surface area contributed by atoms with E-state index in [2.05, 4.69) is 26.1 Å². The quantitative estimate of drug-likeness (QED) is 0.122. The van der Waals surface area contributed by atoms with Gasteiger partial charge in [-0.05, 0) is 61.9 Å². The Kier molecular flexibility index (Phi) is 8.10. The van der Waals surface area contributed by atoms with Gasteiger partial charge in [-0.2, -0.15) is 0 Å². The van der Waals surface area contributed by atoms with E-state index < -0.39 is 5.25 Å². The standard InChI is InChI=1S/C25H22BrClN4O3S/c1-16-3-10-21(11-4-16)31-17(2)28-29-25(31)35-24(14-30(32)33)22-13-19(26)7-12-23(22)34-15-18-5-8-20(27)9-6-18/h3-13,24H,14-15H2,1-2H3/t24-/m1/s1. The lowest BCUT2D eigenvalue weighted by Gasteiger charge is -2.18. The Balaban J connectivity index is 1.67. The monoisotopic (exact) mass is 572 g/mol. The number of hydrogen-bond donors (Lipinski definition) is 0. The lowest BCUT2D eigenvalue weighted by atomic mass is 10.1. The van der Waals surface area contributed by atoms with E-state index in [-0.39, 0.29) is 11.5 Å². The number of thioether (sulfide) groups is 1. The van der Waals surface area contributed by atoms with Crippen molar-refractivity contribution in [2.75, 3.05) is 6.54 Å². The highest BCUT2D eigenvalue weighted by atomic mass is 79.9. The van der Waals surface area contributed by atoms with E-state index in [1.165, 1.54) is 11.8 Å². The lowest BCUT2D eigenvalue weighted by molar-refractivity contribution is -0.479. The molecule has 0 spiro atoms. The zero-order chi connectivity index (χ0) is 24.9. The summed E-state index contributed by atoms with van der Waals surface area (Å²) in [6.45, 7) is 3.88. The minimum Gasteiger partial charge on any atom is -0.489 e. The second-order valence-electron chi connectivity index (χ2n) is 7.92. The SMILES string of the molecule is Cc1ccc(-n2c(C)nnc2S[C@H](C[N+](=O)[O-])c2cc(Br)ccc2OCc2ccc(Cl)cc2)cc1. The van der Waals surface area contributed by atoms with Crippen LogP contribution in [0.5, 0.6) is 5.75 Å². The van der Waals surface area contributed by atoms with Crippen molar-refractivity contribution in [1.82, 2.24) is 14.8 Å². The van der Waals surface area contributed by atoms with Crippen molar-refractivity contribution in [3.63, 3.8) is 0 Å². The van der Waals surface area contributed by atoms with Gasteiger partial charge < -0.3 is 4.74 Å². The maximum Gasteiger partial charge on any atom is 0.220 e. The van der Waals surface area contributed by atoms with Crippen LogP contribution in [0.15, 0.2) is 76.4 Å². The predicted octanol–water partition coefficient (Wildman–Crippen LogP) is 6.99. The van der Waals surface area contributed by atoms with Crippen LogP contribution in [-0.2, 0) is 6.61 Å². The molecule has 7 nitrogen and oxygen atoms in total. The number of aryl methyl sites for hydroxylation is 2. The van der Waals surface area contributed by atoms with Gasteiger partial charge in [-0.1, -0.05) is 69.1 Å². The van der Waals surface area contributed by atoms with E-state index in [0.717, 1.165) is 21.3 Å². The first kappa shape index (κ1) is 25.2. The molecule has 0 bridgehead atoms. The second kappa shape index (κ2) is 11.2. The van der Waals surface area contributed by atoms with Gasteiger partial charge in [0.15, 0.2) is 5.16 Å². The van der Waals surface area contributed by atoms with E-state index in [1.54, 1.807) is 12.1 Å². The summed E-state index contributed by atoms with van der Waals surface area (Å²) in [5.41, 5.74) is 3.67. The van der Waals surface area contributed by atoms with Gasteiger partial charge in [0, 0.05) is 25.7 Å². The number of nitro groups is 1. The molecule has 1 heterocycles. The minimum absolute atomic E-state index is 0.306. The van der Waals surface area contributed by atoms with Crippen molar-refractivity contribution in [3.8, 4) is 11.4 Å². The molecule has 0 saturated heterocycles. The number of aromatic nitrogens is 3. The average Bonchev–Trinajstić information content (AvgIpc) is 3.19. The topological polar surface area (TPSA) is 83.1 Å². The van der Waals surface area contributed by atoms with Gasteiger partial charge in [0.1, 0.15) is 23.4 Å². The van der Waals surface area contributed by atoms with Crippen LogP contribution in [0.2, 0.25) is 5.02 Å². The molecule has 10 heteroatoms. The fourth-order valence-corrected chi connectivity index (χ4v) is 5.21. The molecule has 0 aliphatic rings. The Hall–Kier alpha value is -2.88. The van der Waals surface area contributed by atoms with Crippen LogP contribution in [-0.4, -0.2) is 26.2 Å². The van der Waals surface area contributed by atoms with Gasteiger partial charge >= 0.3 is 0 Å². The van der Waals surface area contributed by atoms with Crippen LogP contribution in [0.1, 0.15) is 27.8 Å². The van der Waals surface area contributed by atoms with E-state index in [1.807, 2.05) is 73.0 Å². The molecule has 0 fully saturated rings. The van der Waals surface area contributed by atoms with Crippen LogP contribution in [0.4, 0.5) is 0 Å². The Labute approximate surface area is 220 Å². The van der Waals surface area contributed by atoms with Crippen LogP contribution >= 0.6 is 39.3 Å². The third-order valence-corrected chi connectivity index (χ3v) is 7.18. The van der Waals surface area contributed by atoms with Crippen LogP contribution < -0.4 is 4.74 Å². The van der Waals surface area contributed by atoms with Crippen molar-refractivity contribution in [3.05, 3.63) is 109 Å². The van der Waals surface area contributed by atoms with Gasteiger partial charge in [-0.3, -0.25) is 14.7 Å². The normalized spacial score (nSPS) is 11.9. The zero-order valence-corrected chi connectivity index (χ0v) is 22.2. The van der Waals surface area contributed by atoms with Gasteiger partial charge in [0.05, 0.1) is 0 Å². The lowest BCUT2D eigenvalue weighted by Crippen LogP contribution is -2.12. The van der Waals surface area contributed by atoms with Crippen molar-refractivity contribution in [2.24, 2.45) is 0 Å². The molecule has 4 rings (SSSR count). The number of hydrogen-bond acceptors (Lipinski definition) is 6. The Morgan fingerprint density at radius 1 is 1.09 bits per heavy atom. The molecular formula is C25H22BrClN4O3S. The van der Waals surface area contributed by atoms with Crippen molar-refractivity contribution in [1.29, 1.82) is 0 Å². The molecule has 0 aliphatic heterocycles. The van der Waals surface area contributed by atoms with Crippen molar-refractivity contribution in [2.45, 2.75) is 30.9 Å². The molecule has 180 valence electrons. The van der Waals surface area contributed by atoms with E-state index in [9.17, 15) is 10.1 Å². The third-order valence-electron chi connectivity index (χ3n) is 5.28. The average molecular weight is 574 g/mol. The molecule has 0 radical (unpaired) electrons. The molecule has 0 aliphatic carbocycles. The van der Waals surface area contributed by atoms with Gasteiger partial charge in [-0.15, -0.1) is 10.2 Å². The van der Waals surface area contributed by atoms with Gasteiger partial charge in [0.25, 0.3) is 0 Å². The molecule has 0 saturated carbocycles. The first-order chi connectivity index (χ1) is 16.8. The largest absolute Gasteiger partial charge is 0.489 e. The highest BCUT2D eigenvalue weighted by Gasteiger charge is 2.27. The number of ether oxygens (including phenoxy) is 1. The predicted molar refractivity (Wildman–Crippen MR) is 141 cm³/mol. The zero-order valence-electron chi connectivity index (χ0n) is 19.0. The maximum absolute atomic E-state index is 11.7. The smallest absolute Gasteiger partial charge is 0.220 e. The molecule has 0 unspecified atom stereocenters. The van der Waals surface area contributed by atoms with E-state index in [0.29, 0.717) is 33.9 Å². The summed E-state index contributed by atoms with van der Waals surface area (Å²) < 4.78 is 8.82. The molecule has 4 aromatic rings. The summed E-state index contributed by atoms with van der Waals surface area (Å²) in [5.74, 6) is 1.27. The molecular weight excluding hydrogens is 552 g/mol. The molecule has 0 amide bonds.